The third-order valence-corrected chi connectivity index (χ3v) is 4.05. The van der Waals surface area contributed by atoms with Crippen LogP contribution in [-0.4, -0.2) is 24.7 Å². The van der Waals surface area contributed by atoms with Gasteiger partial charge in [-0.2, -0.15) is 5.10 Å². The molecule has 0 saturated carbocycles. The van der Waals surface area contributed by atoms with Crippen molar-refractivity contribution >= 4 is 16.9 Å². The van der Waals surface area contributed by atoms with Gasteiger partial charge in [-0.3, -0.25) is 4.68 Å². The molecule has 2 N–H and O–H groups in total. The number of pyridine rings is 1. The van der Waals surface area contributed by atoms with Crippen molar-refractivity contribution in [3.63, 3.8) is 0 Å². The van der Waals surface area contributed by atoms with E-state index in [1.54, 1.807) is 12.7 Å². The summed E-state index contributed by atoms with van der Waals surface area (Å²) in [6.45, 7) is 0.789. The van der Waals surface area contributed by atoms with Crippen molar-refractivity contribution in [3.05, 3.63) is 72.9 Å². The number of hydrogen-bond acceptors (Lipinski definition) is 4. The minimum Gasteiger partial charge on any atom is -0.363 e. The van der Waals surface area contributed by atoms with Crippen molar-refractivity contribution in [1.82, 2.24) is 24.7 Å². The van der Waals surface area contributed by atoms with Gasteiger partial charge in [0.1, 0.15) is 24.1 Å². The number of nitrogens with one attached hydrogen (secondary N) is 2. The highest BCUT2D eigenvalue weighted by atomic mass is 15.3. The fourth-order valence-corrected chi connectivity index (χ4v) is 2.81. The highest BCUT2D eigenvalue weighted by Crippen LogP contribution is 2.23. The van der Waals surface area contributed by atoms with Gasteiger partial charge in [-0.25, -0.2) is 9.97 Å². The molecule has 6 heteroatoms. The lowest BCUT2D eigenvalue weighted by atomic mass is 10.0. The van der Waals surface area contributed by atoms with E-state index >= 15 is 0 Å². The third-order valence-electron chi connectivity index (χ3n) is 4.05. The Labute approximate surface area is 139 Å². The van der Waals surface area contributed by atoms with E-state index in [0.29, 0.717) is 0 Å². The standard InChI is InChI=1S/C18H18N6/c1-2-4-14(5-3-1)16(9-11-24-13-19-12-21-24)22-17-7-6-15-8-10-20-18(15)23-17/h1-8,10,12-13,16H,9,11H2,(H2,20,22,23)/t16-/m1/s1. The van der Waals surface area contributed by atoms with Crippen LogP contribution in [0.25, 0.3) is 11.0 Å². The second kappa shape index (κ2) is 6.54. The van der Waals surface area contributed by atoms with Gasteiger partial charge in [0.25, 0.3) is 0 Å². The molecule has 0 unspecified atom stereocenters. The maximum atomic E-state index is 4.64. The van der Waals surface area contributed by atoms with Crippen LogP contribution in [-0.2, 0) is 6.54 Å². The van der Waals surface area contributed by atoms with E-state index in [1.807, 2.05) is 29.1 Å². The summed E-state index contributed by atoms with van der Waals surface area (Å²) in [5.41, 5.74) is 2.12. The molecule has 0 saturated heterocycles. The van der Waals surface area contributed by atoms with Gasteiger partial charge in [-0.1, -0.05) is 30.3 Å². The van der Waals surface area contributed by atoms with Crippen LogP contribution in [0.3, 0.4) is 0 Å². The summed E-state index contributed by atoms with van der Waals surface area (Å²) >= 11 is 0. The summed E-state index contributed by atoms with van der Waals surface area (Å²) in [4.78, 5) is 11.8. The average Bonchev–Trinajstić information content (AvgIpc) is 3.30. The predicted octanol–water partition coefficient (Wildman–Crippen LogP) is 3.40. The van der Waals surface area contributed by atoms with Crippen molar-refractivity contribution < 1.29 is 0 Å². The summed E-state index contributed by atoms with van der Waals surface area (Å²) in [6.07, 6.45) is 6.09. The fraction of sp³-hybridized carbons (Fsp3) is 0.167. The van der Waals surface area contributed by atoms with E-state index in [1.165, 1.54) is 5.56 Å². The van der Waals surface area contributed by atoms with Crippen molar-refractivity contribution in [3.8, 4) is 0 Å². The maximum Gasteiger partial charge on any atom is 0.139 e. The van der Waals surface area contributed by atoms with E-state index in [0.717, 1.165) is 29.8 Å². The first kappa shape index (κ1) is 14.4. The second-order valence-electron chi connectivity index (χ2n) is 5.67. The molecule has 3 aromatic heterocycles. The first-order chi connectivity index (χ1) is 11.9. The molecule has 0 aliphatic heterocycles. The van der Waals surface area contributed by atoms with Crippen molar-refractivity contribution in [2.24, 2.45) is 0 Å². The smallest absolute Gasteiger partial charge is 0.139 e. The van der Waals surface area contributed by atoms with Crippen LogP contribution in [0, 0.1) is 0 Å². The summed E-state index contributed by atoms with van der Waals surface area (Å²) in [7, 11) is 0. The second-order valence-corrected chi connectivity index (χ2v) is 5.67. The molecule has 0 amide bonds. The number of aromatic nitrogens is 5. The number of benzene rings is 1. The van der Waals surface area contributed by atoms with Gasteiger partial charge >= 0.3 is 0 Å². The molecule has 4 aromatic rings. The molecule has 1 aromatic carbocycles. The van der Waals surface area contributed by atoms with Crippen LogP contribution in [0.4, 0.5) is 5.82 Å². The van der Waals surface area contributed by atoms with Crippen molar-refractivity contribution in [2.45, 2.75) is 19.0 Å². The number of aromatic amines is 1. The molecule has 0 aliphatic rings. The van der Waals surface area contributed by atoms with Gasteiger partial charge in [-0.15, -0.1) is 0 Å². The molecular formula is C18H18N6. The van der Waals surface area contributed by atoms with Crippen LogP contribution in [0.5, 0.6) is 0 Å². The van der Waals surface area contributed by atoms with Crippen LogP contribution >= 0.6 is 0 Å². The molecule has 120 valence electrons. The first-order valence-corrected chi connectivity index (χ1v) is 7.96. The summed E-state index contributed by atoms with van der Waals surface area (Å²) in [5, 5.41) is 8.84. The zero-order valence-electron chi connectivity index (χ0n) is 13.1. The lowest BCUT2D eigenvalue weighted by Gasteiger charge is -2.20. The highest BCUT2D eigenvalue weighted by molar-refractivity contribution is 5.77. The van der Waals surface area contributed by atoms with E-state index in [4.69, 9.17) is 0 Å². The minimum atomic E-state index is 0.148. The van der Waals surface area contributed by atoms with Crippen LogP contribution < -0.4 is 5.32 Å². The lowest BCUT2D eigenvalue weighted by molar-refractivity contribution is 0.537. The predicted molar refractivity (Wildman–Crippen MR) is 93.5 cm³/mol. The number of anilines is 1. The summed E-state index contributed by atoms with van der Waals surface area (Å²) < 4.78 is 1.85. The molecule has 4 rings (SSSR count). The van der Waals surface area contributed by atoms with Crippen LogP contribution in [0.1, 0.15) is 18.0 Å². The van der Waals surface area contributed by atoms with Crippen LogP contribution in [0.2, 0.25) is 0 Å². The fourth-order valence-electron chi connectivity index (χ4n) is 2.81. The Morgan fingerprint density at radius 3 is 2.83 bits per heavy atom. The minimum absolute atomic E-state index is 0.148. The van der Waals surface area contributed by atoms with Crippen LogP contribution in [0.15, 0.2) is 67.4 Å². The molecule has 1 atom stereocenters. The molecule has 0 bridgehead atoms. The molecule has 0 aliphatic carbocycles. The number of fused-ring (bicyclic) bond motifs is 1. The molecule has 6 nitrogen and oxygen atoms in total. The Kier molecular flexibility index (Phi) is 3.93. The SMILES string of the molecule is c1ccc([C@@H](CCn2cncn2)Nc2ccc3cc[nH]c3n2)cc1. The Balaban J connectivity index is 1.56. The van der Waals surface area contributed by atoms with Gasteiger partial charge in [0.15, 0.2) is 0 Å². The van der Waals surface area contributed by atoms with Crippen molar-refractivity contribution in [1.29, 1.82) is 0 Å². The van der Waals surface area contributed by atoms with E-state index in [-0.39, 0.29) is 6.04 Å². The number of hydrogen-bond donors (Lipinski definition) is 2. The Hall–Kier alpha value is -3.15. The zero-order chi connectivity index (χ0) is 16.2. The summed E-state index contributed by atoms with van der Waals surface area (Å²) in [6, 6.07) is 16.7. The largest absolute Gasteiger partial charge is 0.363 e. The quantitative estimate of drug-likeness (QED) is 0.571. The topological polar surface area (TPSA) is 71.4 Å². The monoisotopic (exact) mass is 318 g/mol. The van der Waals surface area contributed by atoms with Gasteiger partial charge in [-0.05, 0) is 30.2 Å². The zero-order valence-corrected chi connectivity index (χ0v) is 13.1. The van der Waals surface area contributed by atoms with Gasteiger partial charge in [0, 0.05) is 18.1 Å². The van der Waals surface area contributed by atoms with Crippen molar-refractivity contribution in [2.75, 3.05) is 5.32 Å². The summed E-state index contributed by atoms with van der Waals surface area (Å²) in [5.74, 6) is 0.859. The van der Waals surface area contributed by atoms with Gasteiger partial charge < -0.3 is 10.3 Å². The highest BCUT2D eigenvalue weighted by Gasteiger charge is 2.13. The normalized spacial score (nSPS) is 12.3. The molecule has 0 fully saturated rings. The average molecular weight is 318 g/mol. The number of nitrogens with zero attached hydrogens (tertiary/aromatic N) is 4. The Bertz CT molecular complexity index is 898. The number of rotatable bonds is 6. The first-order valence-electron chi connectivity index (χ1n) is 7.96. The van der Waals surface area contributed by atoms with Gasteiger partial charge in [0.2, 0.25) is 0 Å². The van der Waals surface area contributed by atoms with Gasteiger partial charge in [0.05, 0.1) is 6.04 Å². The molecule has 3 heterocycles. The molecule has 0 radical (unpaired) electrons. The third kappa shape index (κ3) is 3.12. The maximum absolute atomic E-state index is 4.64. The lowest BCUT2D eigenvalue weighted by Crippen LogP contribution is -2.15. The van der Waals surface area contributed by atoms with E-state index in [9.17, 15) is 0 Å². The number of H-pyrrole nitrogens is 1. The number of aryl methyl sites for hydroxylation is 1. The van der Waals surface area contributed by atoms with E-state index in [2.05, 4.69) is 55.7 Å². The molecular weight excluding hydrogens is 300 g/mol. The molecule has 24 heavy (non-hydrogen) atoms. The Morgan fingerprint density at radius 1 is 1.08 bits per heavy atom. The molecule has 0 spiro atoms. The van der Waals surface area contributed by atoms with E-state index < -0.39 is 0 Å². The Morgan fingerprint density at radius 2 is 2.00 bits per heavy atom.